The number of nitrogens with one attached hydrogen (secondary N) is 1. The fourth-order valence-electron chi connectivity index (χ4n) is 3.61. The second-order valence-corrected chi connectivity index (χ2v) is 9.85. The summed E-state index contributed by atoms with van der Waals surface area (Å²) in [4.78, 5) is 21.3. The fraction of sp³-hybridized carbons (Fsp3) is 0.632. The van der Waals surface area contributed by atoms with Gasteiger partial charge in [0, 0.05) is 18.7 Å². The van der Waals surface area contributed by atoms with Crippen LogP contribution < -0.4 is 5.32 Å². The van der Waals surface area contributed by atoms with E-state index < -0.39 is 19.4 Å². The standard InChI is InChI=1S/C19H30NO5P.Li.H/c1-14(16-8-5-9-17(10-16)19(22)23)20-11-18(21)13-26(24,25)12-15-6-3-2-4-7-15;;/h5,8-10,14-15,18,20-21H,2-4,6-7,11-13H2,1H3,(H,22,23)(H,24,25);;/t14-,18+;;/m0../s1. The van der Waals surface area contributed by atoms with Crippen LogP contribution in [0.5, 0.6) is 0 Å². The van der Waals surface area contributed by atoms with Gasteiger partial charge in [0.25, 0.3) is 0 Å². The summed E-state index contributed by atoms with van der Waals surface area (Å²) in [5.41, 5.74) is 1.01. The number of hydrogen-bond acceptors (Lipinski definition) is 4. The minimum absolute atomic E-state index is 0. The topological polar surface area (TPSA) is 107 Å². The number of benzene rings is 1. The van der Waals surface area contributed by atoms with Crippen LogP contribution in [0.3, 0.4) is 0 Å². The SMILES string of the molecule is C[C@H](NC[C@@H](O)CP(=O)(O)CC1CCCCC1)c1cccc(C(=O)O)c1.[LiH]. The molecule has 1 aliphatic carbocycles. The summed E-state index contributed by atoms with van der Waals surface area (Å²) in [5.74, 6) is -0.680. The van der Waals surface area contributed by atoms with Gasteiger partial charge in [0.05, 0.1) is 17.8 Å². The van der Waals surface area contributed by atoms with E-state index >= 15 is 0 Å². The molecule has 6 nitrogen and oxygen atoms in total. The first-order chi connectivity index (χ1) is 12.3. The maximum atomic E-state index is 12.4. The molecule has 1 aliphatic rings. The van der Waals surface area contributed by atoms with Crippen LogP contribution in [0.1, 0.15) is 61.0 Å². The normalized spacial score (nSPS) is 19.5. The van der Waals surface area contributed by atoms with E-state index in [9.17, 15) is 19.4 Å². The Labute approximate surface area is 173 Å². The number of aromatic carboxylic acids is 1. The Kier molecular flexibility index (Phi) is 10.3. The molecule has 1 aromatic rings. The first-order valence-electron chi connectivity index (χ1n) is 9.32. The fourth-order valence-corrected chi connectivity index (χ4v) is 5.72. The van der Waals surface area contributed by atoms with E-state index in [0.29, 0.717) is 12.1 Å². The first-order valence-corrected chi connectivity index (χ1v) is 11.4. The number of rotatable bonds is 9. The average Bonchev–Trinajstić information content (AvgIpc) is 2.59. The van der Waals surface area contributed by atoms with Gasteiger partial charge in [-0.1, -0.05) is 31.4 Å². The molecule has 0 aromatic heterocycles. The van der Waals surface area contributed by atoms with Crippen molar-refractivity contribution in [1.82, 2.24) is 5.32 Å². The number of hydrogen-bond donors (Lipinski definition) is 4. The van der Waals surface area contributed by atoms with E-state index in [4.69, 9.17) is 5.11 Å². The molecule has 1 fully saturated rings. The second-order valence-electron chi connectivity index (χ2n) is 7.43. The number of carboxylic acid groups (broad SMARTS) is 1. The van der Waals surface area contributed by atoms with Crippen LogP contribution in [0.15, 0.2) is 24.3 Å². The monoisotopic (exact) mass is 391 g/mol. The van der Waals surface area contributed by atoms with Crippen LogP contribution in [0.2, 0.25) is 0 Å². The van der Waals surface area contributed by atoms with Gasteiger partial charge in [0.2, 0.25) is 7.37 Å². The van der Waals surface area contributed by atoms with Gasteiger partial charge in [-0.3, -0.25) is 4.57 Å². The second kappa shape index (κ2) is 11.4. The molecule has 3 atom stereocenters. The molecule has 4 N–H and O–H groups in total. The van der Waals surface area contributed by atoms with Gasteiger partial charge in [-0.05, 0) is 43.4 Å². The van der Waals surface area contributed by atoms with Crippen molar-refractivity contribution in [1.29, 1.82) is 0 Å². The van der Waals surface area contributed by atoms with Crippen LogP contribution in [0, 0.1) is 5.92 Å². The molecule has 0 amide bonds. The Morgan fingerprint density at radius 3 is 2.59 bits per heavy atom. The van der Waals surface area contributed by atoms with Crippen molar-refractivity contribution in [3.05, 3.63) is 35.4 Å². The number of carbonyl (C=O) groups is 1. The molecule has 2 rings (SSSR count). The van der Waals surface area contributed by atoms with Gasteiger partial charge >= 0.3 is 24.8 Å². The summed E-state index contributed by atoms with van der Waals surface area (Å²) in [6, 6.07) is 6.45. The van der Waals surface area contributed by atoms with Crippen LogP contribution in [-0.2, 0) is 4.57 Å². The van der Waals surface area contributed by atoms with Crippen molar-refractivity contribution in [3.8, 4) is 0 Å². The van der Waals surface area contributed by atoms with Crippen molar-refractivity contribution in [2.45, 2.75) is 51.2 Å². The third-order valence-corrected chi connectivity index (χ3v) is 7.14. The molecule has 0 heterocycles. The van der Waals surface area contributed by atoms with Crippen LogP contribution in [-0.4, -0.2) is 64.9 Å². The number of aliphatic hydroxyl groups excluding tert-OH is 1. The van der Waals surface area contributed by atoms with Gasteiger partial charge in [0.15, 0.2) is 0 Å². The molecule has 8 heteroatoms. The van der Waals surface area contributed by atoms with E-state index in [1.54, 1.807) is 12.1 Å². The summed E-state index contributed by atoms with van der Waals surface area (Å²) >= 11 is 0. The van der Waals surface area contributed by atoms with Crippen molar-refractivity contribution in [3.63, 3.8) is 0 Å². The Morgan fingerprint density at radius 2 is 1.96 bits per heavy atom. The van der Waals surface area contributed by atoms with Crippen LogP contribution in [0.25, 0.3) is 0 Å². The molecular formula is C19H31LiNO5P. The molecular weight excluding hydrogens is 360 g/mol. The molecule has 1 unspecified atom stereocenters. The van der Waals surface area contributed by atoms with Gasteiger partial charge in [-0.2, -0.15) is 0 Å². The van der Waals surface area contributed by atoms with Gasteiger partial charge < -0.3 is 20.4 Å². The average molecular weight is 391 g/mol. The quantitative estimate of drug-likeness (QED) is 0.381. The third kappa shape index (κ3) is 8.52. The van der Waals surface area contributed by atoms with Crippen LogP contribution in [0.4, 0.5) is 0 Å². The van der Waals surface area contributed by atoms with Gasteiger partial charge in [0.1, 0.15) is 0 Å². The molecule has 0 saturated heterocycles. The zero-order valence-electron chi connectivity index (χ0n) is 15.3. The Morgan fingerprint density at radius 1 is 1.30 bits per heavy atom. The molecule has 0 bridgehead atoms. The Balaban J connectivity index is 0.00000364. The Hall–Kier alpha value is -0.603. The summed E-state index contributed by atoms with van der Waals surface area (Å²) in [7, 11) is -3.34. The van der Waals surface area contributed by atoms with E-state index in [1.165, 1.54) is 12.5 Å². The van der Waals surface area contributed by atoms with Crippen molar-refractivity contribution in [2.24, 2.45) is 5.92 Å². The summed E-state index contributed by atoms with van der Waals surface area (Å²) in [5, 5.41) is 22.3. The van der Waals surface area contributed by atoms with E-state index in [0.717, 1.165) is 31.2 Å². The molecule has 1 aromatic carbocycles. The Bertz CT molecular complexity index is 651. The van der Waals surface area contributed by atoms with E-state index in [2.05, 4.69) is 5.32 Å². The minimum atomic E-state index is -3.34. The van der Waals surface area contributed by atoms with Crippen molar-refractivity contribution < 1.29 is 24.5 Å². The number of aliphatic hydroxyl groups is 1. The summed E-state index contributed by atoms with van der Waals surface area (Å²) in [6.07, 6.45) is 4.78. The third-order valence-electron chi connectivity index (χ3n) is 5.06. The van der Waals surface area contributed by atoms with E-state index in [1.807, 2.05) is 13.0 Å². The van der Waals surface area contributed by atoms with E-state index in [-0.39, 0.29) is 43.2 Å². The predicted octanol–water partition coefficient (Wildman–Crippen LogP) is 2.60. The van der Waals surface area contributed by atoms with Gasteiger partial charge in [-0.25, -0.2) is 4.79 Å². The molecule has 27 heavy (non-hydrogen) atoms. The molecule has 1 saturated carbocycles. The first kappa shape index (κ1) is 24.4. The van der Waals surface area contributed by atoms with Crippen molar-refractivity contribution in [2.75, 3.05) is 18.9 Å². The van der Waals surface area contributed by atoms with Crippen molar-refractivity contribution >= 4 is 32.2 Å². The summed E-state index contributed by atoms with van der Waals surface area (Å²) in [6.45, 7) is 2.06. The zero-order chi connectivity index (χ0) is 19.2. The molecule has 0 spiro atoms. The number of carboxylic acids is 1. The molecule has 0 aliphatic heterocycles. The predicted molar refractivity (Wildman–Crippen MR) is 109 cm³/mol. The zero-order valence-corrected chi connectivity index (χ0v) is 16.2. The summed E-state index contributed by atoms with van der Waals surface area (Å²) < 4.78 is 12.4. The molecule has 0 radical (unpaired) electrons. The van der Waals surface area contributed by atoms with Crippen LogP contribution >= 0.6 is 7.37 Å². The molecule has 148 valence electrons. The maximum absolute atomic E-state index is 12.4. The van der Waals surface area contributed by atoms with Gasteiger partial charge in [-0.15, -0.1) is 0 Å².